The lowest BCUT2D eigenvalue weighted by atomic mass is 9.90. The summed E-state index contributed by atoms with van der Waals surface area (Å²) in [6, 6.07) is 13.3. The number of hydrogen-bond acceptors (Lipinski definition) is 4. The molecule has 0 aliphatic rings. The average molecular weight is 466 g/mol. The zero-order chi connectivity index (χ0) is 24.3. The summed E-state index contributed by atoms with van der Waals surface area (Å²) in [5.74, 6) is -0.864. The van der Waals surface area contributed by atoms with Crippen LogP contribution in [0.25, 0.3) is 33.4 Å². The maximum absolute atomic E-state index is 11.5. The molecule has 0 radical (unpaired) electrons. The third-order valence-electron chi connectivity index (χ3n) is 4.87. The van der Waals surface area contributed by atoms with Crippen LogP contribution in [0, 0.1) is 6.92 Å². The third kappa shape index (κ3) is 6.18. The normalized spacial score (nSPS) is 11.2. The number of benzene rings is 2. The number of nitrogens with zero attached hydrogens (tertiary/aromatic N) is 3. The lowest BCUT2D eigenvalue weighted by Crippen LogP contribution is -2.10. The van der Waals surface area contributed by atoms with Gasteiger partial charge in [0.2, 0.25) is 0 Å². The number of aliphatic carboxylic acids is 1. The molecule has 0 fully saturated rings. The molecule has 7 heteroatoms. The van der Waals surface area contributed by atoms with Crippen molar-refractivity contribution >= 4 is 28.5 Å². The minimum Gasteiger partial charge on any atom is -0.481 e. The van der Waals surface area contributed by atoms with Crippen LogP contribution in [0.1, 0.15) is 31.9 Å². The number of hydrogen-bond donors (Lipinski definition) is 2. The van der Waals surface area contributed by atoms with Gasteiger partial charge in [-0.15, -0.1) is 0 Å². The Morgan fingerprint density at radius 1 is 1.12 bits per heavy atom. The first kappa shape index (κ1) is 24.4. The standard InChI is InChI=1S/C22H18ClN3O2.C4H10O/c1-13-9-19-16(7-8-18(25-19)20-11-24-12-26(20)2)22(17(13)10-21(27)28)14-3-5-15(23)6-4-14;1-4(2,3)5/h3-9,11-12H,10H2,1-2H3,(H,27,28);5H,1-3H3. The lowest BCUT2D eigenvalue weighted by Gasteiger charge is -2.16. The number of fused-ring (bicyclic) bond motifs is 1. The zero-order valence-electron chi connectivity index (χ0n) is 19.4. The highest BCUT2D eigenvalue weighted by molar-refractivity contribution is 6.30. The van der Waals surface area contributed by atoms with Crippen LogP contribution < -0.4 is 0 Å². The molecule has 0 spiro atoms. The van der Waals surface area contributed by atoms with Crippen LogP contribution in [0.5, 0.6) is 0 Å². The molecule has 2 N–H and O–H groups in total. The van der Waals surface area contributed by atoms with E-state index in [2.05, 4.69) is 4.98 Å². The first-order valence-corrected chi connectivity index (χ1v) is 10.9. The SMILES string of the molecule is CC(C)(C)O.Cc1cc2nc(-c3cncn3C)ccc2c(-c2ccc(Cl)cc2)c1CC(=O)O. The van der Waals surface area contributed by atoms with Gasteiger partial charge in [0.1, 0.15) is 0 Å². The molecule has 0 aliphatic carbocycles. The largest absolute Gasteiger partial charge is 0.481 e. The molecule has 6 nitrogen and oxygen atoms in total. The maximum atomic E-state index is 11.5. The van der Waals surface area contributed by atoms with Crippen molar-refractivity contribution in [2.24, 2.45) is 7.05 Å². The molecule has 0 aliphatic heterocycles. The molecule has 172 valence electrons. The summed E-state index contributed by atoms with van der Waals surface area (Å²) in [6.45, 7) is 7.16. The maximum Gasteiger partial charge on any atom is 0.307 e. The number of aryl methyl sites for hydroxylation is 2. The summed E-state index contributed by atoms with van der Waals surface area (Å²) < 4.78 is 1.92. The fourth-order valence-corrected chi connectivity index (χ4v) is 3.65. The van der Waals surface area contributed by atoms with Crippen LogP contribution in [0.3, 0.4) is 0 Å². The van der Waals surface area contributed by atoms with E-state index in [1.54, 1.807) is 33.3 Å². The lowest BCUT2D eigenvalue weighted by molar-refractivity contribution is -0.136. The second-order valence-electron chi connectivity index (χ2n) is 8.95. The zero-order valence-corrected chi connectivity index (χ0v) is 20.2. The highest BCUT2D eigenvalue weighted by Crippen LogP contribution is 2.36. The molecule has 0 amide bonds. The van der Waals surface area contributed by atoms with E-state index >= 15 is 0 Å². The number of carboxylic acids is 1. The molecule has 33 heavy (non-hydrogen) atoms. The van der Waals surface area contributed by atoms with Gasteiger partial charge >= 0.3 is 5.97 Å². The Hall–Kier alpha value is -3.22. The van der Waals surface area contributed by atoms with Gasteiger partial charge in [0.15, 0.2) is 0 Å². The van der Waals surface area contributed by atoms with E-state index in [1.165, 1.54) is 0 Å². The van der Waals surface area contributed by atoms with E-state index in [0.717, 1.165) is 44.5 Å². The minimum atomic E-state index is -0.864. The number of carbonyl (C=O) groups is 1. The van der Waals surface area contributed by atoms with Gasteiger partial charge in [0.25, 0.3) is 0 Å². The van der Waals surface area contributed by atoms with E-state index < -0.39 is 11.6 Å². The third-order valence-corrected chi connectivity index (χ3v) is 5.12. The fraction of sp³-hybridized carbons (Fsp3) is 0.269. The Balaban J connectivity index is 0.000000555. The van der Waals surface area contributed by atoms with Crippen LogP contribution >= 0.6 is 11.6 Å². The molecule has 0 saturated carbocycles. The van der Waals surface area contributed by atoms with Crippen molar-refractivity contribution in [1.82, 2.24) is 14.5 Å². The Bertz CT molecular complexity index is 1280. The summed E-state index contributed by atoms with van der Waals surface area (Å²) >= 11 is 6.05. The molecular weight excluding hydrogens is 438 g/mol. The summed E-state index contributed by atoms with van der Waals surface area (Å²) in [7, 11) is 1.93. The molecule has 2 aromatic heterocycles. The van der Waals surface area contributed by atoms with Crippen LogP contribution in [-0.2, 0) is 18.3 Å². The molecule has 2 aromatic carbocycles. The van der Waals surface area contributed by atoms with Gasteiger partial charge in [-0.2, -0.15) is 0 Å². The number of rotatable bonds is 4. The van der Waals surface area contributed by atoms with Crippen molar-refractivity contribution < 1.29 is 15.0 Å². The monoisotopic (exact) mass is 465 g/mol. The van der Waals surface area contributed by atoms with Crippen LogP contribution in [0.4, 0.5) is 0 Å². The molecule has 0 unspecified atom stereocenters. The fourth-order valence-electron chi connectivity index (χ4n) is 3.52. The van der Waals surface area contributed by atoms with E-state index in [0.29, 0.717) is 5.02 Å². The number of halogens is 1. The van der Waals surface area contributed by atoms with Gasteiger partial charge in [-0.25, -0.2) is 9.97 Å². The van der Waals surface area contributed by atoms with E-state index in [1.807, 2.05) is 61.0 Å². The molecule has 4 aromatic rings. The van der Waals surface area contributed by atoms with E-state index in [9.17, 15) is 9.90 Å². The van der Waals surface area contributed by atoms with Crippen molar-refractivity contribution in [3.05, 3.63) is 71.1 Å². The highest BCUT2D eigenvalue weighted by Gasteiger charge is 2.17. The minimum absolute atomic E-state index is 0.0524. The number of pyridine rings is 1. The Morgan fingerprint density at radius 3 is 2.30 bits per heavy atom. The molecule has 4 rings (SSSR count). The predicted molar refractivity (Wildman–Crippen MR) is 132 cm³/mol. The van der Waals surface area contributed by atoms with Gasteiger partial charge in [0.05, 0.1) is 41.5 Å². The van der Waals surface area contributed by atoms with Crippen molar-refractivity contribution in [3.63, 3.8) is 0 Å². The van der Waals surface area contributed by atoms with Gasteiger partial charge in [0, 0.05) is 17.5 Å². The Labute approximate surface area is 198 Å². The van der Waals surface area contributed by atoms with Crippen LogP contribution in [0.2, 0.25) is 5.02 Å². The second-order valence-corrected chi connectivity index (χ2v) is 9.38. The summed E-state index contributed by atoms with van der Waals surface area (Å²) in [6.07, 6.45) is 3.46. The Kier molecular flexibility index (Phi) is 7.20. The van der Waals surface area contributed by atoms with Crippen LogP contribution in [-0.4, -0.2) is 36.3 Å². The number of aromatic nitrogens is 3. The summed E-state index contributed by atoms with van der Waals surface area (Å²) in [4.78, 5) is 20.5. The first-order valence-electron chi connectivity index (χ1n) is 10.5. The number of aliphatic hydroxyl groups is 1. The second kappa shape index (κ2) is 9.73. The van der Waals surface area contributed by atoms with Crippen molar-refractivity contribution in [3.8, 4) is 22.5 Å². The van der Waals surface area contributed by atoms with Crippen molar-refractivity contribution in [1.29, 1.82) is 0 Å². The highest BCUT2D eigenvalue weighted by atomic mass is 35.5. The van der Waals surface area contributed by atoms with E-state index in [-0.39, 0.29) is 6.42 Å². The average Bonchev–Trinajstić information content (AvgIpc) is 3.13. The topological polar surface area (TPSA) is 88.2 Å². The Morgan fingerprint density at radius 2 is 1.76 bits per heavy atom. The molecule has 0 saturated heterocycles. The molecule has 0 bridgehead atoms. The number of carboxylic acid groups (broad SMARTS) is 1. The first-order chi connectivity index (χ1) is 15.4. The van der Waals surface area contributed by atoms with Gasteiger partial charge in [-0.3, -0.25) is 4.79 Å². The quantitative estimate of drug-likeness (QED) is 0.405. The van der Waals surface area contributed by atoms with Crippen molar-refractivity contribution in [2.45, 2.75) is 39.7 Å². The van der Waals surface area contributed by atoms with E-state index in [4.69, 9.17) is 21.7 Å². The summed E-state index contributed by atoms with van der Waals surface area (Å²) in [5.41, 5.74) is 5.55. The smallest absolute Gasteiger partial charge is 0.307 e. The molecular formula is C26H28ClN3O3. The number of imidazole rings is 1. The van der Waals surface area contributed by atoms with Gasteiger partial charge < -0.3 is 14.8 Å². The predicted octanol–water partition coefficient (Wildman–Crippen LogP) is 5.67. The molecule has 2 heterocycles. The molecule has 0 atom stereocenters. The van der Waals surface area contributed by atoms with Gasteiger partial charge in [-0.05, 0) is 80.3 Å². The van der Waals surface area contributed by atoms with Crippen LogP contribution in [0.15, 0.2) is 55.0 Å². The summed E-state index contributed by atoms with van der Waals surface area (Å²) in [5, 5.41) is 19.5. The van der Waals surface area contributed by atoms with Gasteiger partial charge in [-0.1, -0.05) is 23.7 Å². The van der Waals surface area contributed by atoms with Crippen molar-refractivity contribution in [2.75, 3.05) is 0 Å².